The molecule has 1 amide bonds. The molecule has 1 aromatic heterocycles. The standard InChI is InChI=1S/C27H24F5N3O2/c1-16-2-5-21(34-25(36)19-8-20(13-33-12-19)27(30,31)32)10-22(16)17-3-4-18-11-26(29,15-28)24-14-37-7-6-35(24)23(18)9-17/h2-5,8-10,12-13,24H,6-7,11,14-15H2,1H3,(H,34,36)/t24-,26+/m0/s1. The lowest BCUT2D eigenvalue weighted by atomic mass is 9.82. The van der Waals surface area contributed by atoms with Gasteiger partial charge in [-0.05, 0) is 53.4 Å². The molecule has 0 unspecified atom stereocenters. The van der Waals surface area contributed by atoms with Gasteiger partial charge in [0, 0.05) is 36.7 Å². The van der Waals surface area contributed by atoms with Crippen molar-refractivity contribution in [2.24, 2.45) is 0 Å². The number of amides is 1. The number of pyridine rings is 1. The van der Waals surface area contributed by atoms with Crippen LogP contribution >= 0.6 is 0 Å². The summed E-state index contributed by atoms with van der Waals surface area (Å²) in [5.74, 6) is -0.722. The van der Waals surface area contributed by atoms with Gasteiger partial charge in [-0.2, -0.15) is 13.2 Å². The molecule has 0 radical (unpaired) electrons. The van der Waals surface area contributed by atoms with Crippen molar-refractivity contribution >= 4 is 17.3 Å². The van der Waals surface area contributed by atoms with Gasteiger partial charge in [0.25, 0.3) is 5.91 Å². The van der Waals surface area contributed by atoms with Crippen LogP contribution in [0.1, 0.15) is 27.0 Å². The Kier molecular flexibility index (Phi) is 6.39. The average molecular weight is 517 g/mol. The number of anilines is 2. The Morgan fingerprint density at radius 3 is 2.76 bits per heavy atom. The van der Waals surface area contributed by atoms with Crippen LogP contribution in [0.25, 0.3) is 11.1 Å². The second-order valence-corrected chi connectivity index (χ2v) is 9.42. The van der Waals surface area contributed by atoms with E-state index >= 15 is 4.39 Å². The minimum Gasteiger partial charge on any atom is -0.377 e. The fourth-order valence-corrected chi connectivity index (χ4v) is 4.97. The van der Waals surface area contributed by atoms with Crippen LogP contribution in [0.4, 0.5) is 33.3 Å². The number of alkyl halides is 5. The van der Waals surface area contributed by atoms with Crippen molar-refractivity contribution in [3.63, 3.8) is 0 Å². The highest BCUT2D eigenvalue weighted by molar-refractivity contribution is 6.04. The van der Waals surface area contributed by atoms with E-state index in [0.29, 0.717) is 30.6 Å². The first kappa shape index (κ1) is 25.1. The second kappa shape index (κ2) is 9.41. The molecule has 1 N–H and O–H groups in total. The van der Waals surface area contributed by atoms with Crippen molar-refractivity contribution in [3.8, 4) is 11.1 Å². The first-order valence-electron chi connectivity index (χ1n) is 11.8. The Morgan fingerprint density at radius 1 is 1.19 bits per heavy atom. The first-order valence-corrected chi connectivity index (χ1v) is 11.8. The van der Waals surface area contributed by atoms with E-state index in [2.05, 4.69) is 10.3 Å². The molecule has 5 nitrogen and oxygen atoms in total. The molecule has 1 saturated heterocycles. The number of rotatable bonds is 4. The molecule has 5 rings (SSSR count). The Morgan fingerprint density at radius 2 is 2.00 bits per heavy atom. The number of aryl methyl sites for hydroxylation is 1. The summed E-state index contributed by atoms with van der Waals surface area (Å²) in [7, 11) is 0. The second-order valence-electron chi connectivity index (χ2n) is 9.42. The molecule has 2 aliphatic rings. The van der Waals surface area contributed by atoms with Gasteiger partial charge in [0.15, 0.2) is 5.67 Å². The molecule has 2 atom stereocenters. The summed E-state index contributed by atoms with van der Waals surface area (Å²) < 4.78 is 73.6. The van der Waals surface area contributed by atoms with E-state index in [1.807, 2.05) is 24.0 Å². The lowest BCUT2D eigenvalue weighted by Crippen LogP contribution is -2.61. The van der Waals surface area contributed by atoms with Crippen molar-refractivity contribution < 1.29 is 31.5 Å². The molecule has 3 aromatic rings. The normalized spacial score (nSPS) is 21.2. The van der Waals surface area contributed by atoms with Gasteiger partial charge >= 0.3 is 6.18 Å². The Labute approximate surface area is 210 Å². The van der Waals surface area contributed by atoms with E-state index < -0.39 is 36.0 Å². The number of carbonyl (C=O) groups excluding carboxylic acids is 1. The van der Waals surface area contributed by atoms with E-state index in [9.17, 15) is 22.4 Å². The summed E-state index contributed by atoms with van der Waals surface area (Å²) in [6, 6.07) is 10.8. The minimum atomic E-state index is -4.61. The number of fused-ring (bicyclic) bond motifs is 3. The number of hydrogen-bond donors (Lipinski definition) is 1. The average Bonchev–Trinajstić information content (AvgIpc) is 2.89. The summed E-state index contributed by atoms with van der Waals surface area (Å²) in [6.45, 7) is 1.75. The van der Waals surface area contributed by atoms with E-state index in [-0.39, 0.29) is 18.6 Å². The zero-order valence-corrected chi connectivity index (χ0v) is 19.9. The molecular weight excluding hydrogens is 493 g/mol. The van der Waals surface area contributed by atoms with E-state index in [1.165, 1.54) is 0 Å². The van der Waals surface area contributed by atoms with E-state index in [1.54, 1.807) is 24.3 Å². The highest BCUT2D eigenvalue weighted by Gasteiger charge is 2.48. The van der Waals surface area contributed by atoms with Crippen molar-refractivity contribution in [3.05, 3.63) is 77.1 Å². The van der Waals surface area contributed by atoms with Crippen LogP contribution in [0, 0.1) is 6.92 Å². The van der Waals surface area contributed by atoms with Crippen LogP contribution < -0.4 is 10.2 Å². The Balaban J connectivity index is 1.45. The number of ether oxygens (including phenoxy) is 1. The summed E-state index contributed by atoms with van der Waals surface area (Å²) in [4.78, 5) is 18.1. The van der Waals surface area contributed by atoms with Crippen molar-refractivity contribution in [1.29, 1.82) is 0 Å². The molecule has 0 spiro atoms. The Hall–Kier alpha value is -3.53. The number of nitrogens with zero attached hydrogens (tertiary/aromatic N) is 2. The fourth-order valence-electron chi connectivity index (χ4n) is 4.97. The smallest absolute Gasteiger partial charge is 0.377 e. The number of hydrogen-bond acceptors (Lipinski definition) is 4. The third-order valence-corrected chi connectivity index (χ3v) is 6.96. The molecular formula is C27H24F5N3O2. The first-order chi connectivity index (χ1) is 17.6. The molecule has 10 heteroatoms. The minimum absolute atomic E-state index is 0.0518. The number of benzene rings is 2. The maximum absolute atomic E-state index is 15.4. The van der Waals surface area contributed by atoms with Gasteiger partial charge in [-0.3, -0.25) is 9.78 Å². The van der Waals surface area contributed by atoms with E-state index in [0.717, 1.165) is 34.6 Å². The van der Waals surface area contributed by atoms with Crippen molar-refractivity contribution in [1.82, 2.24) is 4.98 Å². The lowest BCUT2D eigenvalue weighted by Gasteiger charge is -2.48. The summed E-state index contributed by atoms with van der Waals surface area (Å²) >= 11 is 0. The number of nitrogens with one attached hydrogen (secondary N) is 1. The summed E-state index contributed by atoms with van der Waals surface area (Å²) in [5.41, 5.74) is 1.17. The quantitative estimate of drug-likeness (QED) is 0.447. The number of aromatic nitrogens is 1. The van der Waals surface area contributed by atoms with Crippen molar-refractivity contribution in [2.75, 3.05) is 36.6 Å². The molecule has 3 heterocycles. The molecule has 0 bridgehead atoms. The zero-order valence-electron chi connectivity index (χ0n) is 19.9. The molecule has 0 saturated carbocycles. The van der Waals surface area contributed by atoms with Crippen LogP contribution in [0.3, 0.4) is 0 Å². The zero-order chi connectivity index (χ0) is 26.4. The van der Waals surface area contributed by atoms with Crippen LogP contribution in [0.5, 0.6) is 0 Å². The predicted octanol–water partition coefficient (Wildman–Crippen LogP) is 5.77. The van der Waals surface area contributed by atoms with Crippen LogP contribution in [0.15, 0.2) is 54.9 Å². The predicted molar refractivity (Wildman–Crippen MR) is 129 cm³/mol. The van der Waals surface area contributed by atoms with Gasteiger partial charge < -0.3 is 15.0 Å². The van der Waals surface area contributed by atoms with Gasteiger partial charge in [0.2, 0.25) is 0 Å². The molecule has 1 fully saturated rings. The van der Waals surface area contributed by atoms with Gasteiger partial charge in [0.05, 0.1) is 30.4 Å². The summed E-state index contributed by atoms with van der Waals surface area (Å²) in [6.07, 6.45) is -2.93. The molecule has 37 heavy (non-hydrogen) atoms. The fraction of sp³-hybridized carbons (Fsp3) is 0.333. The lowest BCUT2D eigenvalue weighted by molar-refractivity contribution is -0.137. The summed E-state index contributed by atoms with van der Waals surface area (Å²) in [5, 5.41) is 2.64. The topological polar surface area (TPSA) is 54.5 Å². The van der Waals surface area contributed by atoms with Gasteiger partial charge in [0.1, 0.15) is 6.67 Å². The van der Waals surface area contributed by atoms with Crippen LogP contribution in [0.2, 0.25) is 0 Å². The van der Waals surface area contributed by atoms with Crippen LogP contribution in [-0.4, -0.2) is 49.0 Å². The number of halogens is 5. The Bertz CT molecular complexity index is 1350. The maximum Gasteiger partial charge on any atom is 0.417 e. The van der Waals surface area contributed by atoms with Crippen LogP contribution in [-0.2, 0) is 17.3 Å². The molecule has 0 aliphatic carbocycles. The molecule has 2 aromatic carbocycles. The number of morpholine rings is 1. The third-order valence-electron chi connectivity index (χ3n) is 6.96. The molecule has 2 aliphatic heterocycles. The SMILES string of the molecule is Cc1ccc(NC(=O)c2cncc(C(F)(F)F)c2)cc1-c1ccc2c(c1)N1CCOC[C@H]1[C@](F)(CF)C2. The van der Waals surface area contributed by atoms with E-state index in [4.69, 9.17) is 4.74 Å². The number of carbonyl (C=O) groups is 1. The molecule has 194 valence electrons. The van der Waals surface area contributed by atoms with Gasteiger partial charge in [-0.1, -0.05) is 18.2 Å². The van der Waals surface area contributed by atoms with Gasteiger partial charge in [-0.25, -0.2) is 8.78 Å². The van der Waals surface area contributed by atoms with Gasteiger partial charge in [-0.15, -0.1) is 0 Å². The van der Waals surface area contributed by atoms with Crippen molar-refractivity contribution in [2.45, 2.75) is 31.2 Å². The monoisotopic (exact) mass is 517 g/mol. The largest absolute Gasteiger partial charge is 0.417 e. The maximum atomic E-state index is 15.4. The highest BCUT2D eigenvalue weighted by atomic mass is 19.4. The highest BCUT2D eigenvalue weighted by Crippen LogP contribution is 2.42. The third kappa shape index (κ3) is 4.77.